The number of rotatable bonds is 1. The van der Waals surface area contributed by atoms with Crippen molar-refractivity contribution >= 4 is 17.6 Å². The molecule has 80 valence electrons. The van der Waals surface area contributed by atoms with Crippen LogP contribution in [0.4, 0.5) is 5.69 Å². The summed E-state index contributed by atoms with van der Waals surface area (Å²) in [7, 11) is 3.48. The quantitative estimate of drug-likeness (QED) is 0.410. The van der Waals surface area contributed by atoms with Crippen molar-refractivity contribution < 1.29 is 0 Å². The third-order valence-corrected chi connectivity index (χ3v) is 1.73. The number of hydrogen-bond donors (Lipinski definition) is 4. The lowest BCUT2D eigenvalue weighted by molar-refractivity contribution is 0.599. The lowest BCUT2D eigenvalue weighted by Crippen LogP contribution is -2.42. The smallest absolute Gasteiger partial charge is 0.199 e. The Labute approximate surface area is 89.1 Å². The van der Waals surface area contributed by atoms with Crippen molar-refractivity contribution in [2.24, 2.45) is 0 Å². The molecule has 0 aromatic heterocycles. The van der Waals surface area contributed by atoms with Crippen LogP contribution in [0.1, 0.15) is 0 Å². The van der Waals surface area contributed by atoms with Gasteiger partial charge in [0.05, 0.1) is 0 Å². The van der Waals surface area contributed by atoms with Gasteiger partial charge in [-0.2, -0.15) is 0 Å². The zero-order valence-corrected chi connectivity index (χ0v) is 8.83. The van der Waals surface area contributed by atoms with Crippen LogP contribution >= 0.6 is 0 Å². The maximum atomic E-state index is 7.56. The van der Waals surface area contributed by atoms with Gasteiger partial charge in [0.25, 0.3) is 0 Å². The molecule has 0 saturated heterocycles. The van der Waals surface area contributed by atoms with Gasteiger partial charge < -0.3 is 10.2 Å². The lowest BCUT2D eigenvalue weighted by atomic mass is 10.3. The van der Waals surface area contributed by atoms with Crippen LogP contribution in [-0.4, -0.2) is 30.9 Å². The van der Waals surface area contributed by atoms with Crippen LogP contribution in [0, 0.1) is 10.8 Å². The Morgan fingerprint density at radius 2 is 1.73 bits per heavy atom. The molecule has 0 bridgehead atoms. The van der Waals surface area contributed by atoms with E-state index in [-0.39, 0.29) is 11.9 Å². The first-order chi connectivity index (χ1) is 7.09. The fourth-order valence-electron chi connectivity index (χ4n) is 0.927. The van der Waals surface area contributed by atoms with Crippen LogP contribution in [0.2, 0.25) is 0 Å². The van der Waals surface area contributed by atoms with Crippen LogP contribution in [0.25, 0.3) is 0 Å². The molecule has 0 aliphatic rings. The molecular weight excluding hydrogens is 190 g/mol. The molecule has 0 spiro atoms. The van der Waals surface area contributed by atoms with E-state index in [9.17, 15) is 0 Å². The van der Waals surface area contributed by atoms with E-state index in [1.165, 1.54) is 0 Å². The van der Waals surface area contributed by atoms with Crippen molar-refractivity contribution in [3.8, 4) is 0 Å². The molecule has 4 N–H and O–H groups in total. The van der Waals surface area contributed by atoms with E-state index in [1.54, 1.807) is 19.0 Å². The minimum absolute atomic E-state index is 0.0832. The van der Waals surface area contributed by atoms with Crippen molar-refractivity contribution in [1.29, 1.82) is 10.8 Å². The van der Waals surface area contributed by atoms with Gasteiger partial charge in [0.15, 0.2) is 11.9 Å². The van der Waals surface area contributed by atoms with E-state index in [0.717, 1.165) is 5.69 Å². The summed E-state index contributed by atoms with van der Waals surface area (Å²) in [6.07, 6.45) is 0. The molecule has 0 radical (unpaired) electrons. The van der Waals surface area contributed by atoms with Crippen molar-refractivity contribution in [2.75, 3.05) is 19.4 Å². The Balaban J connectivity index is 2.47. The van der Waals surface area contributed by atoms with Crippen LogP contribution in [0.15, 0.2) is 30.3 Å². The molecule has 0 aliphatic carbocycles. The molecule has 0 amide bonds. The normalized spacial score (nSPS) is 9.20. The average Bonchev–Trinajstić information content (AvgIpc) is 2.18. The predicted molar refractivity (Wildman–Crippen MR) is 62.3 cm³/mol. The van der Waals surface area contributed by atoms with Crippen molar-refractivity contribution in [2.45, 2.75) is 0 Å². The minimum atomic E-state index is 0.0832. The first kappa shape index (κ1) is 11.0. The molecule has 0 unspecified atom stereocenters. The maximum Gasteiger partial charge on any atom is 0.199 e. The molecule has 5 nitrogen and oxygen atoms in total. The standard InChI is InChI=1S/C10H15N5/c1-15(2)10(12)14-9(11)13-8-6-4-3-5-7-8/h3-7H,1-2H3,(H4,11,12,13,14). The van der Waals surface area contributed by atoms with Gasteiger partial charge in [0.2, 0.25) is 0 Å². The highest BCUT2D eigenvalue weighted by molar-refractivity contribution is 6.02. The molecule has 0 saturated carbocycles. The van der Waals surface area contributed by atoms with Gasteiger partial charge in [-0.1, -0.05) is 18.2 Å². The van der Waals surface area contributed by atoms with Gasteiger partial charge in [0, 0.05) is 19.8 Å². The zero-order valence-electron chi connectivity index (χ0n) is 8.83. The maximum absolute atomic E-state index is 7.56. The Kier molecular flexibility index (Phi) is 3.68. The second kappa shape index (κ2) is 4.99. The lowest BCUT2D eigenvalue weighted by Gasteiger charge is -2.16. The largest absolute Gasteiger partial charge is 0.349 e. The monoisotopic (exact) mass is 205 g/mol. The Morgan fingerprint density at radius 1 is 1.13 bits per heavy atom. The van der Waals surface area contributed by atoms with Crippen LogP contribution < -0.4 is 10.6 Å². The van der Waals surface area contributed by atoms with Crippen molar-refractivity contribution in [3.05, 3.63) is 30.3 Å². The number of nitrogens with one attached hydrogen (secondary N) is 4. The Bertz CT molecular complexity index is 344. The second-order valence-corrected chi connectivity index (χ2v) is 3.23. The minimum Gasteiger partial charge on any atom is -0.349 e. The molecule has 0 atom stereocenters. The summed E-state index contributed by atoms with van der Waals surface area (Å²) in [5, 5.41) is 20.5. The molecule has 5 heteroatoms. The zero-order chi connectivity index (χ0) is 11.3. The SMILES string of the molecule is CN(C)C(=N)NC(=N)Nc1ccccc1. The second-order valence-electron chi connectivity index (χ2n) is 3.23. The highest BCUT2D eigenvalue weighted by atomic mass is 15.3. The molecule has 0 heterocycles. The van der Waals surface area contributed by atoms with Crippen LogP contribution in [0.3, 0.4) is 0 Å². The van der Waals surface area contributed by atoms with Gasteiger partial charge in [0.1, 0.15) is 0 Å². The topological polar surface area (TPSA) is 75.0 Å². The number of para-hydroxylation sites is 1. The molecule has 0 aliphatic heterocycles. The van der Waals surface area contributed by atoms with E-state index in [4.69, 9.17) is 10.8 Å². The fourth-order valence-corrected chi connectivity index (χ4v) is 0.927. The molecule has 1 aromatic rings. The highest BCUT2D eigenvalue weighted by Gasteiger charge is 2.01. The third kappa shape index (κ3) is 3.68. The summed E-state index contributed by atoms with van der Waals surface area (Å²) in [4.78, 5) is 1.58. The van der Waals surface area contributed by atoms with Gasteiger partial charge in [-0.25, -0.2) is 0 Å². The van der Waals surface area contributed by atoms with Gasteiger partial charge in [-0.3, -0.25) is 16.1 Å². The Morgan fingerprint density at radius 3 is 2.27 bits per heavy atom. The van der Waals surface area contributed by atoms with E-state index in [2.05, 4.69) is 10.6 Å². The fraction of sp³-hybridized carbons (Fsp3) is 0.200. The van der Waals surface area contributed by atoms with E-state index in [0.29, 0.717) is 0 Å². The third-order valence-electron chi connectivity index (χ3n) is 1.73. The van der Waals surface area contributed by atoms with Crippen molar-refractivity contribution in [3.63, 3.8) is 0 Å². The Hall–Kier alpha value is -2.04. The number of anilines is 1. The molecule has 0 fully saturated rings. The number of guanidine groups is 2. The molecule has 1 aromatic carbocycles. The summed E-state index contributed by atoms with van der Waals surface area (Å²) < 4.78 is 0. The molecule has 15 heavy (non-hydrogen) atoms. The highest BCUT2D eigenvalue weighted by Crippen LogP contribution is 2.03. The first-order valence-corrected chi connectivity index (χ1v) is 4.53. The van der Waals surface area contributed by atoms with E-state index >= 15 is 0 Å². The predicted octanol–water partition coefficient (Wildman–Crippen LogP) is 1.12. The summed E-state index contributed by atoms with van der Waals surface area (Å²) in [5.74, 6) is 0.253. The van der Waals surface area contributed by atoms with Crippen molar-refractivity contribution in [1.82, 2.24) is 10.2 Å². The van der Waals surface area contributed by atoms with Gasteiger partial charge >= 0.3 is 0 Å². The average molecular weight is 205 g/mol. The number of hydrogen-bond acceptors (Lipinski definition) is 2. The molecular formula is C10H15N5. The summed E-state index contributed by atoms with van der Waals surface area (Å²) in [6.45, 7) is 0. The van der Waals surface area contributed by atoms with Crippen LogP contribution in [-0.2, 0) is 0 Å². The van der Waals surface area contributed by atoms with E-state index in [1.807, 2.05) is 30.3 Å². The summed E-state index contributed by atoms with van der Waals surface area (Å²) in [6, 6.07) is 9.38. The first-order valence-electron chi connectivity index (χ1n) is 4.53. The number of benzene rings is 1. The molecule has 1 rings (SSSR count). The summed E-state index contributed by atoms with van der Waals surface area (Å²) >= 11 is 0. The summed E-state index contributed by atoms with van der Waals surface area (Å²) in [5.41, 5.74) is 0.821. The van der Waals surface area contributed by atoms with E-state index < -0.39 is 0 Å². The van der Waals surface area contributed by atoms with Gasteiger partial charge in [-0.05, 0) is 12.1 Å². The number of nitrogens with zero attached hydrogens (tertiary/aromatic N) is 1. The van der Waals surface area contributed by atoms with Crippen LogP contribution in [0.5, 0.6) is 0 Å². The van der Waals surface area contributed by atoms with Gasteiger partial charge in [-0.15, -0.1) is 0 Å².